The van der Waals surface area contributed by atoms with Crippen molar-refractivity contribution in [2.24, 2.45) is 0 Å². The van der Waals surface area contributed by atoms with Crippen molar-refractivity contribution in [1.29, 1.82) is 0 Å². The molecule has 0 bridgehead atoms. The maximum absolute atomic E-state index is 12.2. The first kappa shape index (κ1) is 18.4. The fourth-order valence-corrected chi connectivity index (χ4v) is 3.14. The van der Waals surface area contributed by atoms with Crippen LogP contribution in [-0.4, -0.2) is 32.7 Å². The zero-order valence-corrected chi connectivity index (χ0v) is 15.5. The maximum atomic E-state index is 12.2. The topological polar surface area (TPSA) is 59.6 Å². The minimum absolute atomic E-state index is 0.0828. The van der Waals surface area contributed by atoms with E-state index >= 15 is 0 Å². The van der Waals surface area contributed by atoms with Crippen molar-refractivity contribution in [2.45, 2.75) is 19.4 Å². The summed E-state index contributed by atoms with van der Waals surface area (Å²) in [6.07, 6.45) is 0.827. The first-order chi connectivity index (χ1) is 11.5. The number of methoxy groups -OCH3 is 2. The van der Waals surface area contributed by atoms with E-state index in [1.807, 2.05) is 11.4 Å². The zero-order valence-electron chi connectivity index (χ0n) is 13.9. The van der Waals surface area contributed by atoms with Crippen LogP contribution >= 0.6 is 22.9 Å². The van der Waals surface area contributed by atoms with Crippen LogP contribution in [0.4, 0.5) is 5.69 Å². The van der Waals surface area contributed by atoms with Gasteiger partial charge in [0.2, 0.25) is 5.91 Å². The highest BCUT2D eigenvalue weighted by Gasteiger charge is 2.16. The van der Waals surface area contributed by atoms with Gasteiger partial charge in [0.15, 0.2) is 0 Å². The first-order valence-electron chi connectivity index (χ1n) is 7.53. The van der Waals surface area contributed by atoms with E-state index in [1.165, 1.54) is 12.0 Å². The number of carbonyl (C=O) groups is 1. The van der Waals surface area contributed by atoms with Gasteiger partial charge in [-0.15, -0.1) is 11.3 Å². The van der Waals surface area contributed by atoms with Gasteiger partial charge in [0, 0.05) is 17.5 Å². The normalized spacial score (nSPS) is 11.7. The van der Waals surface area contributed by atoms with Gasteiger partial charge in [0.25, 0.3) is 0 Å². The summed E-state index contributed by atoms with van der Waals surface area (Å²) >= 11 is 7.83. The number of ether oxygens (including phenoxy) is 2. The Labute approximate surface area is 150 Å². The van der Waals surface area contributed by atoms with E-state index in [1.54, 1.807) is 37.5 Å². The SMILES string of the molecule is COc1cc(OC)c(NC(C)C(=O)NCCc2cccs2)cc1Cl. The molecular weight excluding hydrogens is 348 g/mol. The van der Waals surface area contributed by atoms with Crippen LogP contribution in [0.1, 0.15) is 11.8 Å². The molecule has 1 amide bonds. The molecule has 0 saturated heterocycles. The second-order valence-electron chi connectivity index (χ2n) is 5.17. The molecule has 24 heavy (non-hydrogen) atoms. The Morgan fingerprint density at radius 3 is 2.67 bits per heavy atom. The van der Waals surface area contributed by atoms with Crippen molar-refractivity contribution in [1.82, 2.24) is 5.32 Å². The fraction of sp³-hybridized carbons (Fsp3) is 0.353. The molecule has 130 valence electrons. The van der Waals surface area contributed by atoms with Crippen molar-refractivity contribution in [3.05, 3.63) is 39.5 Å². The Kier molecular flexibility index (Phi) is 6.75. The summed E-state index contributed by atoms with van der Waals surface area (Å²) < 4.78 is 10.5. The monoisotopic (exact) mass is 368 g/mol. The quantitative estimate of drug-likeness (QED) is 0.747. The van der Waals surface area contributed by atoms with Crippen molar-refractivity contribution in [2.75, 3.05) is 26.1 Å². The van der Waals surface area contributed by atoms with Crippen LogP contribution < -0.4 is 20.1 Å². The molecule has 1 atom stereocenters. The van der Waals surface area contributed by atoms with Gasteiger partial charge in [-0.2, -0.15) is 0 Å². The fourth-order valence-electron chi connectivity index (χ4n) is 2.19. The van der Waals surface area contributed by atoms with E-state index in [4.69, 9.17) is 21.1 Å². The van der Waals surface area contributed by atoms with E-state index in [2.05, 4.69) is 16.7 Å². The Bertz CT molecular complexity index is 677. The molecule has 0 spiro atoms. The molecule has 5 nitrogen and oxygen atoms in total. The Hall–Kier alpha value is -1.92. The average Bonchev–Trinajstić information content (AvgIpc) is 3.08. The van der Waals surface area contributed by atoms with E-state index in [-0.39, 0.29) is 5.91 Å². The highest BCUT2D eigenvalue weighted by Crippen LogP contribution is 2.36. The van der Waals surface area contributed by atoms with Crippen LogP contribution in [0.5, 0.6) is 11.5 Å². The molecule has 0 aliphatic rings. The molecule has 7 heteroatoms. The summed E-state index contributed by atoms with van der Waals surface area (Å²) in [5.41, 5.74) is 0.643. The number of carbonyl (C=O) groups excluding carboxylic acids is 1. The Balaban J connectivity index is 1.94. The zero-order chi connectivity index (χ0) is 17.5. The van der Waals surface area contributed by atoms with Crippen LogP contribution in [-0.2, 0) is 11.2 Å². The minimum Gasteiger partial charge on any atom is -0.495 e. The number of nitrogens with one attached hydrogen (secondary N) is 2. The summed E-state index contributed by atoms with van der Waals surface area (Å²) in [4.78, 5) is 13.5. The molecular formula is C17H21ClN2O3S. The molecule has 2 N–H and O–H groups in total. The molecule has 0 aliphatic carbocycles. The lowest BCUT2D eigenvalue weighted by Gasteiger charge is -2.18. The number of hydrogen-bond donors (Lipinski definition) is 2. The van der Waals surface area contributed by atoms with Crippen molar-refractivity contribution >= 4 is 34.5 Å². The summed E-state index contributed by atoms with van der Waals surface area (Å²) in [5, 5.41) is 8.52. The summed E-state index contributed by atoms with van der Waals surface area (Å²) in [6, 6.07) is 7.02. The van der Waals surface area contributed by atoms with E-state index < -0.39 is 6.04 Å². The largest absolute Gasteiger partial charge is 0.495 e. The molecule has 1 aromatic heterocycles. The smallest absolute Gasteiger partial charge is 0.242 e. The second kappa shape index (κ2) is 8.80. The van der Waals surface area contributed by atoms with Gasteiger partial charge in [-0.05, 0) is 30.9 Å². The molecule has 2 aromatic rings. The van der Waals surface area contributed by atoms with E-state index in [0.29, 0.717) is 28.8 Å². The van der Waals surface area contributed by atoms with Gasteiger partial charge in [0.05, 0.1) is 24.9 Å². The van der Waals surface area contributed by atoms with Gasteiger partial charge < -0.3 is 20.1 Å². The minimum atomic E-state index is -0.424. The third-order valence-corrected chi connectivity index (χ3v) is 4.72. The van der Waals surface area contributed by atoms with Gasteiger partial charge in [-0.1, -0.05) is 17.7 Å². The lowest BCUT2D eigenvalue weighted by Crippen LogP contribution is -2.38. The third kappa shape index (κ3) is 4.79. The third-order valence-electron chi connectivity index (χ3n) is 3.49. The van der Waals surface area contributed by atoms with Gasteiger partial charge in [-0.3, -0.25) is 4.79 Å². The van der Waals surface area contributed by atoms with Gasteiger partial charge >= 0.3 is 0 Å². The van der Waals surface area contributed by atoms with Crippen LogP contribution in [0.2, 0.25) is 5.02 Å². The Morgan fingerprint density at radius 1 is 1.29 bits per heavy atom. The standard InChI is InChI=1S/C17H21ClN2O3S/c1-11(17(21)19-7-6-12-5-4-8-24-12)20-14-9-13(18)15(22-2)10-16(14)23-3/h4-5,8-11,20H,6-7H2,1-3H3,(H,19,21). The number of hydrogen-bond acceptors (Lipinski definition) is 5. The lowest BCUT2D eigenvalue weighted by molar-refractivity contribution is -0.121. The number of anilines is 1. The maximum Gasteiger partial charge on any atom is 0.242 e. The number of benzene rings is 1. The summed E-state index contributed by atoms with van der Waals surface area (Å²) in [7, 11) is 3.09. The Morgan fingerprint density at radius 2 is 2.04 bits per heavy atom. The number of thiophene rings is 1. The molecule has 1 aromatic carbocycles. The van der Waals surface area contributed by atoms with Gasteiger partial charge in [0.1, 0.15) is 17.5 Å². The lowest BCUT2D eigenvalue weighted by atomic mass is 10.2. The molecule has 0 radical (unpaired) electrons. The second-order valence-corrected chi connectivity index (χ2v) is 6.61. The van der Waals surface area contributed by atoms with E-state index in [0.717, 1.165) is 6.42 Å². The van der Waals surface area contributed by atoms with Gasteiger partial charge in [-0.25, -0.2) is 0 Å². The molecule has 0 saturated carbocycles. The summed E-state index contributed by atoms with van der Waals surface area (Å²) in [6.45, 7) is 2.39. The first-order valence-corrected chi connectivity index (χ1v) is 8.79. The van der Waals surface area contributed by atoms with Crippen LogP contribution in [0, 0.1) is 0 Å². The van der Waals surface area contributed by atoms with E-state index in [9.17, 15) is 4.79 Å². The molecule has 1 unspecified atom stereocenters. The highest BCUT2D eigenvalue weighted by molar-refractivity contribution is 7.09. The molecule has 2 rings (SSSR count). The van der Waals surface area contributed by atoms with Crippen molar-refractivity contribution in [3.8, 4) is 11.5 Å². The average molecular weight is 369 g/mol. The van der Waals surface area contributed by atoms with Crippen LogP contribution in [0.15, 0.2) is 29.6 Å². The highest BCUT2D eigenvalue weighted by atomic mass is 35.5. The molecule has 0 fully saturated rings. The van der Waals surface area contributed by atoms with Crippen LogP contribution in [0.25, 0.3) is 0 Å². The predicted octanol–water partition coefficient (Wildman–Crippen LogP) is 3.58. The summed E-state index contributed by atoms with van der Waals surface area (Å²) in [5.74, 6) is 1.00. The predicted molar refractivity (Wildman–Crippen MR) is 98.7 cm³/mol. The molecule has 0 aliphatic heterocycles. The van der Waals surface area contributed by atoms with Crippen LogP contribution in [0.3, 0.4) is 0 Å². The molecule has 1 heterocycles. The number of rotatable bonds is 8. The number of halogens is 1. The number of amides is 1. The van der Waals surface area contributed by atoms with Crippen molar-refractivity contribution in [3.63, 3.8) is 0 Å². The van der Waals surface area contributed by atoms with Crippen molar-refractivity contribution < 1.29 is 14.3 Å².